The van der Waals surface area contributed by atoms with Crippen LogP contribution in [-0.4, -0.2) is 54.5 Å². The van der Waals surface area contributed by atoms with E-state index in [1.165, 1.54) is 17.0 Å². The first-order valence-electron chi connectivity index (χ1n) is 6.86. The van der Waals surface area contributed by atoms with Gasteiger partial charge in [0.05, 0.1) is 16.6 Å². The van der Waals surface area contributed by atoms with Crippen LogP contribution in [0.3, 0.4) is 0 Å². The number of amides is 2. The van der Waals surface area contributed by atoms with E-state index in [0.717, 1.165) is 5.56 Å². The molecule has 2 amide bonds. The number of rotatable bonds is 3. The monoisotopic (exact) mass is 326 g/mol. The molecule has 22 heavy (non-hydrogen) atoms. The third kappa shape index (κ3) is 3.76. The summed E-state index contributed by atoms with van der Waals surface area (Å²) in [6, 6.07) is 5.89. The van der Waals surface area contributed by atoms with Crippen molar-refractivity contribution in [2.75, 3.05) is 18.8 Å². The average molecular weight is 326 g/mol. The van der Waals surface area contributed by atoms with Crippen molar-refractivity contribution in [3.8, 4) is 0 Å². The molecule has 2 N–H and O–H groups in total. The van der Waals surface area contributed by atoms with Gasteiger partial charge in [0.15, 0.2) is 9.84 Å². The number of benzene rings is 1. The SMILES string of the molecule is CC1CN(C(=O)NCc2ccc(C(=O)O)cc2)CCS1(=O)=O. The molecule has 1 heterocycles. The van der Waals surface area contributed by atoms with Crippen LogP contribution in [0.4, 0.5) is 4.79 Å². The fraction of sp³-hybridized carbons (Fsp3) is 0.429. The van der Waals surface area contributed by atoms with Crippen LogP contribution in [0, 0.1) is 0 Å². The second kappa shape index (κ2) is 6.35. The minimum atomic E-state index is -3.09. The highest BCUT2D eigenvalue weighted by Gasteiger charge is 2.31. The highest BCUT2D eigenvalue weighted by atomic mass is 32.2. The first kappa shape index (κ1) is 16.3. The summed E-state index contributed by atoms with van der Waals surface area (Å²) in [5, 5.41) is 11.0. The summed E-state index contributed by atoms with van der Waals surface area (Å²) >= 11 is 0. The van der Waals surface area contributed by atoms with Crippen molar-refractivity contribution >= 4 is 21.8 Å². The quantitative estimate of drug-likeness (QED) is 0.851. The molecular formula is C14H18N2O5S. The lowest BCUT2D eigenvalue weighted by Gasteiger charge is -2.30. The molecule has 7 nitrogen and oxygen atoms in total. The molecule has 8 heteroatoms. The number of urea groups is 1. The van der Waals surface area contributed by atoms with Crippen LogP contribution in [0.5, 0.6) is 0 Å². The number of aromatic carboxylic acids is 1. The summed E-state index contributed by atoms with van der Waals surface area (Å²) in [5.74, 6) is -1.02. The molecule has 1 aromatic rings. The topological polar surface area (TPSA) is 104 Å². The maximum Gasteiger partial charge on any atom is 0.335 e. The molecule has 1 unspecified atom stereocenters. The van der Waals surface area contributed by atoms with Crippen molar-refractivity contribution in [3.05, 3.63) is 35.4 Å². The van der Waals surface area contributed by atoms with Crippen molar-refractivity contribution < 1.29 is 23.1 Å². The van der Waals surface area contributed by atoms with Gasteiger partial charge < -0.3 is 15.3 Å². The first-order valence-corrected chi connectivity index (χ1v) is 8.58. The Kier molecular flexibility index (Phi) is 4.70. The summed E-state index contributed by atoms with van der Waals surface area (Å²) < 4.78 is 23.2. The Morgan fingerprint density at radius 3 is 2.50 bits per heavy atom. The molecule has 1 aliphatic rings. The van der Waals surface area contributed by atoms with Crippen molar-refractivity contribution in [3.63, 3.8) is 0 Å². The third-order valence-corrected chi connectivity index (χ3v) is 5.79. The molecule has 0 spiro atoms. The van der Waals surface area contributed by atoms with Gasteiger partial charge in [0.2, 0.25) is 0 Å². The molecule has 1 aromatic carbocycles. The molecule has 1 atom stereocenters. The largest absolute Gasteiger partial charge is 0.478 e. The van der Waals surface area contributed by atoms with E-state index in [1.54, 1.807) is 19.1 Å². The van der Waals surface area contributed by atoms with E-state index in [9.17, 15) is 18.0 Å². The lowest BCUT2D eigenvalue weighted by molar-refractivity contribution is 0.0697. The Morgan fingerprint density at radius 1 is 1.32 bits per heavy atom. The van der Waals surface area contributed by atoms with Gasteiger partial charge in [-0.25, -0.2) is 18.0 Å². The molecule has 0 aromatic heterocycles. The van der Waals surface area contributed by atoms with Crippen LogP contribution in [0.25, 0.3) is 0 Å². The molecule has 0 bridgehead atoms. The van der Waals surface area contributed by atoms with Crippen molar-refractivity contribution in [2.24, 2.45) is 0 Å². The molecule has 1 aliphatic heterocycles. The van der Waals surface area contributed by atoms with Crippen LogP contribution in [-0.2, 0) is 16.4 Å². The van der Waals surface area contributed by atoms with Gasteiger partial charge in [-0.3, -0.25) is 0 Å². The number of nitrogens with zero attached hydrogens (tertiary/aromatic N) is 1. The molecule has 0 saturated carbocycles. The van der Waals surface area contributed by atoms with Crippen molar-refractivity contribution in [2.45, 2.75) is 18.7 Å². The standard InChI is InChI=1S/C14H18N2O5S/c1-10-9-16(6-7-22(10,20)21)14(19)15-8-11-2-4-12(5-3-11)13(17)18/h2-5,10H,6-9H2,1H3,(H,15,19)(H,17,18). The number of carboxylic acids is 1. The Bertz CT molecular complexity index is 669. The van der Waals surface area contributed by atoms with Crippen molar-refractivity contribution in [1.82, 2.24) is 10.2 Å². The fourth-order valence-electron chi connectivity index (χ4n) is 2.19. The van der Waals surface area contributed by atoms with Gasteiger partial charge in [0, 0.05) is 19.6 Å². The van der Waals surface area contributed by atoms with Gasteiger partial charge >= 0.3 is 12.0 Å². The second-order valence-electron chi connectivity index (χ2n) is 5.28. The zero-order valence-electron chi connectivity index (χ0n) is 12.2. The van der Waals surface area contributed by atoms with Crippen LogP contribution in [0.2, 0.25) is 0 Å². The third-order valence-electron chi connectivity index (χ3n) is 3.67. The van der Waals surface area contributed by atoms with Crippen LogP contribution in [0.1, 0.15) is 22.8 Å². The highest BCUT2D eigenvalue weighted by molar-refractivity contribution is 7.92. The number of nitrogens with one attached hydrogen (secondary N) is 1. The Morgan fingerprint density at radius 2 is 1.95 bits per heavy atom. The van der Waals surface area contributed by atoms with E-state index in [0.29, 0.717) is 0 Å². The molecule has 120 valence electrons. The van der Waals surface area contributed by atoms with Gasteiger partial charge in [-0.15, -0.1) is 0 Å². The number of sulfone groups is 1. The van der Waals surface area contributed by atoms with Gasteiger partial charge in [-0.2, -0.15) is 0 Å². The molecule has 1 fully saturated rings. The zero-order valence-corrected chi connectivity index (χ0v) is 13.0. The van der Waals surface area contributed by atoms with Gasteiger partial charge in [0.1, 0.15) is 0 Å². The lowest BCUT2D eigenvalue weighted by Crippen LogP contribution is -2.51. The van der Waals surface area contributed by atoms with Gasteiger partial charge in [-0.1, -0.05) is 12.1 Å². The van der Waals surface area contributed by atoms with Gasteiger partial charge in [-0.05, 0) is 24.6 Å². The predicted molar refractivity (Wildman–Crippen MR) is 80.5 cm³/mol. The Labute approximate surface area is 128 Å². The van der Waals surface area contributed by atoms with E-state index < -0.39 is 21.1 Å². The van der Waals surface area contributed by atoms with E-state index in [1.807, 2.05) is 0 Å². The highest BCUT2D eigenvalue weighted by Crippen LogP contribution is 2.12. The Hall–Kier alpha value is -2.09. The van der Waals surface area contributed by atoms with Crippen LogP contribution >= 0.6 is 0 Å². The molecular weight excluding hydrogens is 308 g/mol. The lowest BCUT2D eigenvalue weighted by atomic mass is 10.1. The number of hydrogen-bond donors (Lipinski definition) is 2. The zero-order chi connectivity index (χ0) is 16.3. The van der Waals surface area contributed by atoms with Crippen LogP contribution in [0.15, 0.2) is 24.3 Å². The summed E-state index contributed by atoms with van der Waals surface area (Å²) in [6.07, 6.45) is 0. The second-order valence-corrected chi connectivity index (χ2v) is 7.82. The first-order chi connectivity index (χ1) is 10.3. The predicted octanol–water partition coefficient (Wildman–Crippen LogP) is 0.713. The number of carbonyl (C=O) groups excluding carboxylic acids is 1. The molecule has 0 aliphatic carbocycles. The van der Waals surface area contributed by atoms with E-state index >= 15 is 0 Å². The molecule has 0 radical (unpaired) electrons. The normalized spacial score (nSPS) is 20.4. The Balaban J connectivity index is 1.89. The summed E-state index contributed by atoms with van der Waals surface area (Å²) in [7, 11) is -3.09. The van der Waals surface area contributed by atoms with Gasteiger partial charge in [0.25, 0.3) is 0 Å². The number of hydrogen-bond acceptors (Lipinski definition) is 4. The number of carboxylic acid groups (broad SMARTS) is 1. The maximum absolute atomic E-state index is 12.0. The van der Waals surface area contributed by atoms with E-state index in [4.69, 9.17) is 5.11 Å². The molecule has 2 rings (SSSR count). The van der Waals surface area contributed by atoms with Crippen molar-refractivity contribution in [1.29, 1.82) is 0 Å². The fourth-order valence-corrected chi connectivity index (χ4v) is 3.48. The minimum Gasteiger partial charge on any atom is -0.478 e. The number of carbonyl (C=O) groups is 2. The summed E-state index contributed by atoms with van der Waals surface area (Å²) in [4.78, 5) is 24.3. The average Bonchev–Trinajstić information content (AvgIpc) is 2.48. The van der Waals surface area contributed by atoms with E-state index in [-0.39, 0.29) is 37.0 Å². The maximum atomic E-state index is 12.0. The minimum absolute atomic E-state index is 0.0190. The summed E-state index contributed by atoms with van der Waals surface area (Å²) in [5.41, 5.74) is 0.959. The summed E-state index contributed by atoms with van der Waals surface area (Å²) in [6.45, 7) is 2.23. The smallest absolute Gasteiger partial charge is 0.335 e. The van der Waals surface area contributed by atoms with Crippen LogP contribution < -0.4 is 5.32 Å². The molecule has 1 saturated heterocycles. The van der Waals surface area contributed by atoms with E-state index in [2.05, 4.69) is 5.32 Å².